The normalized spacial score (nSPS) is 10.2. The summed E-state index contributed by atoms with van der Waals surface area (Å²) in [6.45, 7) is 5.16. The second-order valence-electron chi connectivity index (χ2n) is 4.70. The maximum atomic E-state index is 5.68. The Morgan fingerprint density at radius 2 is 1.20 bits per heavy atom. The minimum Gasteiger partial charge on any atom is -0.497 e. The van der Waals surface area contributed by atoms with Gasteiger partial charge in [0.05, 0.1) is 7.11 Å². The van der Waals surface area contributed by atoms with E-state index in [4.69, 9.17) is 14.2 Å². The summed E-state index contributed by atoms with van der Waals surface area (Å²) in [5.41, 5.74) is 2.41. The van der Waals surface area contributed by atoms with Gasteiger partial charge in [-0.15, -0.1) is 0 Å². The number of hydrogen-bond acceptors (Lipinski definition) is 3. The molecular weight excluding hydrogens is 252 g/mol. The van der Waals surface area contributed by atoms with Gasteiger partial charge in [-0.1, -0.05) is 6.07 Å². The molecule has 0 spiro atoms. The van der Waals surface area contributed by atoms with Crippen LogP contribution in [0.2, 0.25) is 0 Å². The van der Waals surface area contributed by atoms with E-state index in [1.165, 1.54) is 11.1 Å². The SMILES string of the molecule is COc1ccc(OCCOc2cc(C)cc(C)c2)cc1. The molecule has 0 amide bonds. The van der Waals surface area contributed by atoms with Gasteiger partial charge in [-0.05, 0) is 61.4 Å². The molecule has 2 aromatic rings. The molecule has 0 saturated carbocycles. The molecule has 0 saturated heterocycles. The Kier molecular flexibility index (Phi) is 4.88. The van der Waals surface area contributed by atoms with Crippen LogP contribution in [-0.4, -0.2) is 20.3 Å². The second-order valence-corrected chi connectivity index (χ2v) is 4.70. The molecule has 106 valence electrons. The first-order valence-electron chi connectivity index (χ1n) is 6.65. The van der Waals surface area contributed by atoms with Crippen LogP contribution in [0.3, 0.4) is 0 Å². The Balaban J connectivity index is 1.78. The molecule has 0 aliphatic carbocycles. The van der Waals surface area contributed by atoms with Gasteiger partial charge in [0.2, 0.25) is 0 Å². The van der Waals surface area contributed by atoms with Crippen LogP contribution in [0, 0.1) is 13.8 Å². The molecular formula is C17H20O3. The topological polar surface area (TPSA) is 27.7 Å². The molecule has 3 nitrogen and oxygen atoms in total. The van der Waals surface area contributed by atoms with Crippen LogP contribution >= 0.6 is 0 Å². The molecule has 0 heterocycles. The van der Waals surface area contributed by atoms with Crippen molar-refractivity contribution < 1.29 is 14.2 Å². The standard InChI is InChI=1S/C17H20O3/c1-13-10-14(2)12-17(11-13)20-9-8-19-16-6-4-15(18-3)5-7-16/h4-7,10-12H,8-9H2,1-3H3. The number of ether oxygens (including phenoxy) is 3. The molecule has 2 rings (SSSR count). The summed E-state index contributed by atoms with van der Waals surface area (Å²) < 4.78 is 16.4. The summed E-state index contributed by atoms with van der Waals surface area (Å²) in [5, 5.41) is 0. The van der Waals surface area contributed by atoms with E-state index in [1.807, 2.05) is 36.4 Å². The fourth-order valence-electron chi connectivity index (χ4n) is 2.01. The van der Waals surface area contributed by atoms with Crippen molar-refractivity contribution in [3.63, 3.8) is 0 Å². The Labute approximate surface area is 120 Å². The maximum absolute atomic E-state index is 5.68. The van der Waals surface area contributed by atoms with Gasteiger partial charge < -0.3 is 14.2 Å². The zero-order valence-electron chi connectivity index (χ0n) is 12.2. The van der Waals surface area contributed by atoms with Gasteiger partial charge in [-0.2, -0.15) is 0 Å². The monoisotopic (exact) mass is 272 g/mol. The van der Waals surface area contributed by atoms with Gasteiger partial charge >= 0.3 is 0 Å². The van der Waals surface area contributed by atoms with Crippen molar-refractivity contribution in [2.75, 3.05) is 20.3 Å². The lowest BCUT2D eigenvalue weighted by molar-refractivity contribution is 0.217. The van der Waals surface area contributed by atoms with E-state index in [0.717, 1.165) is 17.2 Å². The van der Waals surface area contributed by atoms with Gasteiger partial charge in [-0.3, -0.25) is 0 Å². The Morgan fingerprint density at radius 3 is 1.75 bits per heavy atom. The van der Waals surface area contributed by atoms with E-state index in [2.05, 4.69) is 19.9 Å². The molecule has 0 aliphatic heterocycles. The van der Waals surface area contributed by atoms with Crippen molar-refractivity contribution in [2.45, 2.75) is 13.8 Å². The number of hydrogen-bond donors (Lipinski definition) is 0. The van der Waals surface area contributed by atoms with Crippen molar-refractivity contribution in [2.24, 2.45) is 0 Å². The third-order valence-electron chi connectivity index (χ3n) is 2.88. The Morgan fingerprint density at radius 1 is 0.700 bits per heavy atom. The first-order valence-corrected chi connectivity index (χ1v) is 6.65. The number of aryl methyl sites for hydroxylation is 2. The van der Waals surface area contributed by atoms with Crippen LogP contribution in [0.15, 0.2) is 42.5 Å². The summed E-state index contributed by atoms with van der Waals surface area (Å²) in [6, 6.07) is 13.7. The van der Waals surface area contributed by atoms with Crippen LogP contribution in [0.1, 0.15) is 11.1 Å². The Bertz CT molecular complexity index is 526. The summed E-state index contributed by atoms with van der Waals surface area (Å²) in [4.78, 5) is 0. The fraction of sp³-hybridized carbons (Fsp3) is 0.294. The lowest BCUT2D eigenvalue weighted by Gasteiger charge is -2.10. The highest BCUT2D eigenvalue weighted by Gasteiger charge is 1.98. The molecule has 0 aromatic heterocycles. The lowest BCUT2D eigenvalue weighted by Crippen LogP contribution is -2.09. The molecule has 0 fully saturated rings. The van der Waals surface area contributed by atoms with E-state index < -0.39 is 0 Å². The quantitative estimate of drug-likeness (QED) is 0.749. The van der Waals surface area contributed by atoms with E-state index >= 15 is 0 Å². The van der Waals surface area contributed by atoms with Crippen molar-refractivity contribution in [3.8, 4) is 17.2 Å². The second kappa shape index (κ2) is 6.85. The summed E-state index contributed by atoms with van der Waals surface area (Å²) in [6.07, 6.45) is 0. The smallest absolute Gasteiger partial charge is 0.122 e. The first-order chi connectivity index (χ1) is 9.67. The average Bonchev–Trinajstić information content (AvgIpc) is 2.43. The third kappa shape index (κ3) is 4.19. The van der Waals surface area contributed by atoms with Gasteiger partial charge in [-0.25, -0.2) is 0 Å². The van der Waals surface area contributed by atoms with Crippen molar-refractivity contribution in [1.29, 1.82) is 0 Å². The molecule has 20 heavy (non-hydrogen) atoms. The average molecular weight is 272 g/mol. The van der Waals surface area contributed by atoms with Gasteiger partial charge in [0.15, 0.2) is 0 Å². The fourth-order valence-corrected chi connectivity index (χ4v) is 2.01. The Hall–Kier alpha value is -2.16. The molecule has 0 aliphatic rings. The molecule has 0 atom stereocenters. The minimum absolute atomic E-state index is 0.513. The first kappa shape index (κ1) is 14.3. The highest BCUT2D eigenvalue weighted by Crippen LogP contribution is 2.18. The molecule has 0 unspecified atom stereocenters. The van der Waals surface area contributed by atoms with E-state index in [-0.39, 0.29) is 0 Å². The summed E-state index contributed by atoms with van der Waals surface area (Å²) in [5.74, 6) is 2.53. The summed E-state index contributed by atoms with van der Waals surface area (Å²) in [7, 11) is 1.65. The molecule has 0 radical (unpaired) electrons. The van der Waals surface area contributed by atoms with E-state index in [9.17, 15) is 0 Å². The number of benzene rings is 2. The van der Waals surface area contributed by atoms with Crippen molar-refractivity contribution in [1.82, 2.24) is 0 Å². The van der Waals surface area contributed by atoms with Gasteiger partial charge in [0.25, 0.3) is 0 Å². The number of methoxy groups -OCH3 is 1. The largest absolute Gasteiger partial charge is 0.497 e. The zero-order valence-corrected chi connectivity index (χ0v) is 12.2. The van der Waals surface area contributed by atoms with E-state index in [0.29, 0.717) is 13.2 Å². The van der Waals surface area contributed by atoms with E-state index in [1.54, 1.807) is 7.11 Å². The third-order valence-corrected chi connectivity index (χ3v) is 2.88. The maximum Gasteiger partial charge on any atom is 0.122 e. The molecule has 0 bridgehead atoms. The van der Waals surface area contributed by atoms with Crippen LogP contribution in [0.25, 0.3) is 0 Å². The zero-order chi connectivity index (χ0) is 14.4. The van der Waals surface area contributed by atoms with Crippen LogP contribution in [0.5, 0.6) is 17.2 Å². The predicted octanol–water partition coefficient (Wildman–Crippen LogP) is 3.77. The minimum atomic E-state index is 0.513. The van der Waals surface area contributed by atoms with Crippen LogP contribution in [-0.2, 0) is 0 Å². The van der Waals surface area contributed by atoms with Gasteiger partial charge in [0, 0.05) is 0 Å². The molecule has 0 N–H and O–H groups in total. The number of rotatable bonds is 6. The lowest BCUT2D eigenvalue weighted by atomic mass is 10.1. The van der Waals surface area contributed by atoms with Crippen molar-refractivity contribution >= 4 is 0 Å². The van der Waals surface area contributed by atoms with Crippen molar-refractivity contribution in [3.05, 3.63) is 53.6 Å². The highest BCUT2D eigenvalue weighted by molar-refractivity contribution is 5.33. The molecule has 2 aromatic carbocycles. The molecule has 3 heteroatoms. The highest BCUT2D eigenvalue weighted by atomic mass is 16.5. The van der Waals surface area contributed by atoms with Gasteiger partial charge in [0.1, 0.15) is 30.5 Å². The summed E-state index contributed by atoms with van der Waals surface area (Å²) >= 11 is 0. The van der Waals surface area contributed by atoms with Crippen LogP contribution in [0.4, 0.5) is 0 Å². The predicted molar refractivity (Wildman–Crippen MR) is 79.9 cm³/mol. The van der Waals surface area contributed by atoms with Crippen LogP contribution < -0.4 is 14.2 Å².